The Morgan fingerprint density at radius 3 is 2.81 bits per heavy atom. The Morgan fingerprint density at radius 1 is 1.25 bits per heavy atom. The molecule has 5 heterocycles. The molecule has 0 bridgehead atoms. The Morgan fingerprint density at radius 2 is 2.06 bits per heavy atom. The summed E-state index contributed by atoms with van der Waals surface area (Å²) < 4.78 is 32.4. The fraction of sp³-hybridized carbons (Fsp3) is 0.318. The minimum atomic E-state index is -1.92. The van der Waals surface area contributed by atoms with Crippen molar-refractivity contribution in [1.29, 1.82) is 0 Å². The van der Waals surface area contributed by atoms with Crippen LogP contribution < -0.4 is 15.0 Å². The summed E-state index contributed by atoms with van der Waals surface area (Å²) in [5.74, 6) is -1.16. The third kappa shape index (κ3) is 2.27. The normalized spacial score (nSPS) is 20.2. The molecule has 1 N–H and O–H groups in total. The van der Waals surface area contributed by atoms with Gasteiger partial charge in [-0.1, -0.05) is 6.92 Å². The van der Waals surface area contributed by atoms with Crippen molar-refractivity contribution in [1.82, 2.24) is 9.55 Å². The van der Waals surface area contributed by atoms with Crippen LogP contribution in [-0.4, -0.2) is 27.4 Å². The molecule has 0 saturated carbocycles. The molecule has 0 saturated heterocycles. The average Bonchev–Trinajstić information content (AvgIpc) is 3.40. The molecule has 10 heteroatoms. The maximum absolute atomic E-state index is 15.3. The molecular weight excluding hydrogens is 443 g/mol. The van der Waals surface area contributed by atoms with E-state index in [9.17, 15) is 14.7 Å². The van der Waals surface area contributed by atoms with Crippen LogP contribution in [0.3, 0.4) is 0 Å². The molecule has 2 aromatic heterocycles. The van der Waals surface area contributed by atoms with E-state index in [2.05, 4.69) is 4.98 Å². The van der Waals surface area contributed by atoms with Crippen molar-refractivity contribution < 1.29 is 28.5 Å². The minimum absolute atomic E-state index is 0.0115. The van der Waals surface area contributed by atoms with E-state index in [1.54, 1.807) is 19.1 Å². The molecule has 8 nitrogen and oxygen atoms in total. The zero-order valence-corrected chi connectivity index (χ0v) is 17.6. The molecule has 0 spiro atoms. The van der Waals surface area contributed by atoms with E-state index < -0.39 is 22.9 Å². The second-order valence-electron chi connectivity index (χ2n) is 7.97. The number of cyclic esters (lactones) is 1. The van der Waals surface area contributed by atoms with E-state index in [1.165, 1.54) is 4.57 Å². The second-order valence-corrected chi connectivity index (χ2v) is 8.24. The molecule has 32 heavy (non-hydrogen) atoms. The van der Waals surface area contributed by atoms with Gasteiger partial charge in [0, 0.05) is 28.5 Å². The third-order valence-corrected chi connectivity index (χ3v) is 6.77. The molecule has 0 aliphatic carbocycles. The monoisotopic (exact) mass is 458 g/mol. The smallest absolute Gasteiger partial charge is 0.343 e. The predicted octanol–water partition coefficient (Wildman–Crippen LogP) is 2.69. The molecule has 0 amide bonds. The fourth-order valence-electron chi connectivity index (χ4n) is 4.79. The minimum Gasteiger partial charge on any atom is -0.458 e. The number of rotatable bonds is 2. The van der Waals surface area contributed by atoms with Crippen molar-refractivity contribution in [3.63, 3.8) is 0 Å². The summed E-state index contributed by atoms with van der Waals surface area (Å²) in [7, 11) is 0. The highest BCUT2D eigenvalue weighted by Gasteiger charge is 2.45. The van der Waals surface area contributed by atoms with Gasteiger partial charge < -0.3 is 23.9 Å². The van der Waals surface area contributed by atoms with Gasteiger partial charge in [-0.05, 0) is 18.1 Å². The molecule has 0 unspecified atom stereocenters. The van der Waals surface area contributed by atoms with Gasteiger partial charge in [0.2, 0.25) is 12.5 Å². The van der Waals surface area contributed by atoms with E-state index >= 15 is 4.39 Å². The second kappa shape index (κ2) is 6.43. The molecular formula is C22H16ClFN2O6. The Labute approximate surface area is 185 Å². The number of aromatic nitrogens is 2. The lowest BCUT2D eigenvalue weighted by atomic mass is 9.86. The number of ether oxygens (including phenoxy) is 3. The molecule has 0 radical (unpaired) electrons. The number of alkyl halides is 1. The van der Waals surface area contributed by atoms with Crippen molar-refractivity contribution in [2.45, 2.75) is 38.0 Å². The van der Waals surface area contributed by atoms with Crippen molar-refractivity contribution in [3.05, 3.63) is 50.6 Å². The van der Waals surface area contributed by atoms with Gasteiger partial charge in [0.05, 0.1) is 29.0 Å². The summed E-state index contributed by atoms with van der Waals surface area (Å²) in [5, 5.41) is 11.2. The molecule has 3 aliphatic rings. The number of aliphatic hydroxyl groups is 1. The quantitative estimate of drug-likeness (QED) is 0.364. The number of hydrogen-bond acceptors (Lipinski definition) is 7. The van der Waals surface area contributed by atoms with Crippen LogP contribution >= 0.6 is 11.6 Å². The van der Waals surface area contributed by atoms with Crippen LogP contribution in [0.25, 0.3) is 22.3 Å². The molecule has 164 valence electrons. The van der Waals surface area contributed by atoms with Crippen LogP contribution in [0.5, 0.6) is 11.5 Å². The van der Waals surface area contributed by atoms with Crippen molar-refractivity contribution in [2.75, 3.05) is 6.79 Å². The number of carbonyl (C=O) groups excluding carboxylic acids is 1. The fourth-order valence-corrected chi connectivity index (χ4v) is 5.08. The van der Waals surface area contributed by atoms with Crippen LogP contribution in [0.15, 0.2) is 16.9 Å². The van der Waals surface area contributed by atoms with Gasteiger partial charge in [-0.15, -0.1) is 11.6 Å². The van der Waals surface area contributed by atoms with Gasteiger partial charge >= 0.3 is 5.97 Å². The van der Waals surface area contributed by atoms with Crippen LogP contribution in [0.4, 0.5) is 4.39 Å². The van der Waals surface area contributed by atoms with E-state index in [1.807, 2.05) is 0 Å². The topological polar surface area (TPSA) is 99.9 Å². The van der Waals surface area contributed by atoms with Gasteiger partial charge in [0.1, 0.15) is 6.61 Å². The van der Waals surface area contributed by atoms with Crippen LogP contribution in [0.2, 0.25) is 0 Å². The molecule has 1 aromatic carbocycles. The number of esters is 1. The number of hydrogen-bond donors (Lipinski definition) is 1. The highest BCUT2D eigenvalue weighted by Crippen LogP contribution is 2.45. The van der Waals surface area contributed by atoms with E-state index in [-0.39, 0.29) is 60.3 Å². The van der Waals surface area contributed by atoms with Gasteiger partial charge in [0.15, 0.2) is 17.2 Å². The molecule has 0 fully saturated rings. The summed E-state index contributed by atoms with van der Waals surface area (Å²) in [6.07, 6.45) is 0.0430. The number of nitrogens with zero attached hydrogens (tertiary/aromatic N) is 2. The lowest BCUT2D eigenvalue weighted by molar-refractivity contribution is -0.172. The number of benzene rings is 1. The average molecular weight is 459 g/mol. The summed E-state index contributed by atoms with van der Waals surface area (Å²) in [5.41, 5.74) is 0.411. The van der Waals surface area contributed by atoms with Crippen LogP contribution in [-0.2, 0) is 34.2 Å². The Hall–Kier alpha value is -3.17. The number of halogens is 2. The summed E-state index contributed by atoms with van der Waals surface area (Å²) in [6, 6.07) is 3.18. The van der Waals surface area contributed by atoms with Gasteiger partial charge in [-0.2, -0.15) is 0 Å². The molecule has 3 aliphatic heterocycles. The molecule has 1 atom stereocenters. The highest BCUT2D eigenvalue weighted by molar-refractivity contribution is 6.18. The molecule has 3 aromatic rings. The summed E-state index contributed by atoms with van der Waals surface area (Å²) in [4.78, 5) is 30.2. The van der Waals surface area contributed by atoms with E-state index in [0.29, 0.717) is 28.0 Å². The first-order chi connectivity index (χ1) is 15.4. The number of fused-ring (bicyclic) bond motifs is 6. The van der Waals surface area contributed by atoms with E-state index in [4.69, 9.17) is 25.8 Å². The van der Waals surface area contributed by atoms with E-state index in [0.717, 1.165) is 0 Å². The number of carbonyl (C=O) groups is 1. The first kappa shape index (κ1) is 19.5. The van der Waals surface area contributed by atoms with Crippen molar-refractivity contribution >= 4 is 28.5 Å². The first-order valence-electron chi connectivity index (χ1n) is 10.1. The van der Waals surface area contributed by atoms with Crippen molar-refractivity contribution in [3.8, 4) is 22.9 Å². The molecule has 6 rings (SSSR count). The summed E-state index contributed by atoms with van der Waals surface area (Å²) >= 11 is 6.25. The predicted molar refractivity (Wildman–Crippen MR) is 110 cm³/mol. The van der Waals surface area contributed by atoms with Gasteiger partial charge in [0.25, 0.3) is 5.56 Å². The number of pyridine rings is 2. The Bertz CT molecular complexity index is 1430. The first-order valence-corrected chi connectivity index (χ1v) is 10.6. The van der Waals surface area contributed by atoms with Gasteiger partial charge in [-0.3, -0.25) is 4.79 Å². The van der Waals surface area contributed by atoms with Crippen LogP contribution in [0.1, 0.15) is 35.6 Å². The zero-order chi connectivity index (χ0) is 22.4. The Balaban J connectivity index is 1.67. The lowest BCUT2D eigenvalue weighted by Crippen LogP contribution is -2.44. The third-order valence-electron chi connectivity index (χ3n) is 6.50. The standard InChI is InChI=1S/C22H16ClFN2O6/c1-2-22(29)12-3-14-18-10(6-26(14)20(27)11(12)7-30-21(22)28)9(5-23)16-13(25-18)4-15-19(17(16)24)32-8-31-15/h3-4,29H,2,5-8H2,1H3/t22-/m0/s1. The Kier molecular flexibility index (Phi) is 3.92. The largest absolute Gasteiger partial charge is 0.458 e. The zero-order valence-electron chi connectivity index (χ0n) is 16.8. The van der Waals surface area contributed by atoms with Crippen molar-refractivity contribution in [2.24, 2.45) is 0 Å². The van der Waals surface area contributed by atoms with Gasteiger partial charge in [-0.25, -0.2) is 14.2 Å². The highest BCUT2D eigenvalue weighted by atomic mass is 35.5. The summed E-state index contributed by atoms with van der Waals surface area (Å²) in [6.45, 7) is 1.46. The lowest BCUT2D eigenvalue weighted by Gasteiger charge is -2.31. The maximum atomic E-state index is 15.3. The maximum Gasteiger partial charge on any atom is 0.343 e. The van der Waals surface area contributed by atoms with Crippen LogP contribution in [0, 0.1) is 5.82 Å². The SMILES string of the molecule is CC[C@@]1(O)C(=O)OCc2c1cc1n(c2=O)Cc2c-1nc1cc3c(c(F)c1c2CCl)OCO3.